The van der Waals surface area contributed by atoms with Crippen LogP contribution in [-0.4, -0.2) is 94.9 Å². The van der Waals surface area contributed by atoms with Crippen molar-refractivity contribution in [2.45, 2.75) is 41.0 Å². The van der Waals surface area contributed by atoms with Crippen LogP contribution in [-0.2, 0) is 65.4 Å². The molecule has 4 N–H and O–H groups in total. The van der Waals surface area contributed by atoms with E-state index in [9.17, 15) is 52.9 Å². The van der Waals surface area contributed by atoms with E-state index in [0.717, 1.165) is 52.2 Å². The summed E-state index contributed by atoms with van der Waals surface area (Å²) in [5.74, 6) is 0.145. The number of benzene rings is 9. The van der Waals surface area contributed by atoms with Crippen LogP contribution in [0.15, 0.2) is 226 Å². The van der Waals surface area contributed by atoms with Crippen molar-refractivity contribution in [1.29, 1.82) is 0 Å². The summed E-state index contributed by atoms with van der Waals surface area (Å²) in [4.78, 5) is 40.6. The van der Waals surface area contributed by atoms with Gasteiger partial charge < -0.3 is 29.9 Å². The van der Waals surface area contributed by atoms with Crippen LogP contribution >= 0.6 is 0 Å². The number of non-ortho nitro benzene ring substituents is 1. The van der Waals surface area contributed by atoms with E-state index in [0.29, 0.717) is 110 Å². The van der Waals surface area contributed by atoms with Crippen LogP contribution in [0.3, 0.4) is 0 Å². The summed E-state index contributed by atoms with van der Waals surface area (Å²) in [7, 11) is 3.08. The number of azide groups is 1. The van der Waals surface area contributed by atoms with Gasteiger partial charge in [-0.3, -0.25) is 43.7 Å². The number of aryl methyl sites for hydroxylation is 4. The molecule has 0 spiro atoms. The molecule has 4 aliphatic rings. The molecule has 23 heteroatoms. The maximum absolute atomic E-state index is 14.2. The number of phenolic OH excluding ortho intramolecular Hbond substituents is 4. The third-order valence-electron chi connectivity index (χ3n) is 15.8. The second-order valence-electron chi connectivity index (χ2n) is 23.1. The first-order chi connectivity index (χ1) is 49.1. The second-order valence-corrected chi connectivity index (χ2v) is 23.1. The van der Waals surface area contributed by atoms with Gasteiger partial charge in [-0.05, 0) is 181 Å². The number of rotatable bonds is 14. The summed E-state index contributed by atoms with van der Waals surface area (Å²) in [5.41, 5.74) is 22.5. The number of aldehydes is 1. The predicted octanol–water partition coefficient (Wildman–Crippen LogP) is 18.4. The van der Waals surface area contributed by atoms with Crippen LogP contribution in [0.5, 0.6) is 34.5 Å². The molecule has 17 nitrogen and oxygen atoms in total. The molecule has 0 amide bonds. The van der Waals surface area contributed by atoms with Crippen LogP contribution in [0.4, 0.5) is 28.9 Å². The van der Waals surface area contributed by atoms with Crippen molar-refractivity contribution in [2.24, 2.45) is 25.1 Å². The van der Waals surface area contributed by atoms with Crippen molar-refractivity contribution in [3.63, 3.8) is 0 Å². The number of allylic oxidation sites excluding steroid dienone is 5. The summed E-state index contributed by atoms with van der Waals surface area (Å²) in [5, 5.41) is 54.0. The van der Waals surface area contributed by atoms with Gasteiger partial charge in [0.05, 0.1) is 79.8 Å². The minimum absolute atomic E-state index is 0. The number of hydrogen-bond donors (Lipinski definition) is 4. The number of methoxy groups -OCH3 is 2. The van der Waals surface area contributed by atoms with Crippen molar-refractivity contribution in [1.82, 2.24) is 0 Å². The van der Waals surface area contributed by atoms with E-state index in [-0.39, 0.29) is 124 Å². The number of nitro benzene ring substituents is 1. The molecule has 4 heterocycles. The molecule has 13 rings (SSSR count). The van der Waals surface area contributed by atoms with Gasteiger partial charge in [-0.1, -0.05) is 65.6 Å². The smallest absolute Gasteiger partial charge is 0.272 e. The topological polar surface area (TPSA) is 258 Å². The van der Waals surface area contributed by atoms with Gasteiger partial charge in [0.15, 0.2) is 6.29 Å². The Kier molecular flexibility index (Phi) is 31.5. The molecule has 9 aromatic rings. The van der Waals surface area contributed by atoms with Gasteiger partial charge in [-0.2, -0.15) is 36.4 Å². The van der Waals surface area contributed by atoms with Gasteiger partial charge in [0, 0.05) is 133 Å². The summed E-state index contributed by atoms with van der Waals surface area (Å²) >= 11 is 0. The number of ether oxygens (including phenoxy) is 2. The minimum atomic E-state index is -0.657. The van der Waals surface area contributed by atoms with E-state index >= 15 is 0 Å². The summed E-state index contributed by atoms with van der Waals surface area (Å²) in [6, 6.07) is 49.2. The molecule has 4 aliphatic heterocycles. The summed E-state index contributed by atoms with van der Waals surface area (Å²) in [6.07, 6.45) is 10.8. The predicted molar refractivity (Wildman–Crippen MR) is 393 cm³/mol. The number of nitro groups is 1. The van der Waals surface area contributed by atoms with Crippen LogP contribution in [0.1, 0.15) is 90.5 Å². The van der Waals surface area contributed by atoms with Crippen LogP contribution < -0.4 is 9.47 Å². The molecule has 0 saturated heterocycles. The Hall–Kier alpha value is -10.5. The van der Waals surface area contributed by atoms with Crippen molar-refractivity contribution >= 4 is 62.8 Å². The maximum atomic E-state index is 14.2. The van der Waals surface area contributed by atoms with E-state index < -0.39 is 16.6 Å². The van der Waals surface area contributed by atoms with Crippen molar-refractivity contribution < 1.29 is 123 Å². The first kappa shape index (κ1) is 82.4. The zero-order chi connectivity index (χ0) is 73.6. The standard InChI is InChI=1S/C17H13FN4O.C17H13FN2O3.2C17H13FNO.C9H10O3.C4H8.2Y/c1-10-2-4-14(17(23)6-10)16-7-11(9-20-16)13-5-3-12(21-22-19)8-15(13)18;1-10-2-4-14(17(21)6-10)16-7-11(9-19-16)13-5-3-12(20(22)23)8-15(13)18;2*1-11-6-7-14(17(20)8-11)16-9-12(10-19-16)13-4-2-3-5-15(13)18;1-11-8-4-3-7(6-10)9(5-8)12-2;1-3-4-2;;/h2-8,23H,9H2,1H3;2-8,21H,9H2,1H3;2*2,4-9,20H,10H2,1H3;3-6H,1-2H3;3H,1,4H2,2H3;;/q;;2*-1;;;;. The number of carbonyl (C=O) groups excluding carboxylic acids is 1. The Labute approximate surface area is 650 Å². The number of carbonyl (C=O) groups is 1. The number of nitrogens with zero attached hydrogens (tertiary/aromatic N) is 8. The third-order valence-corrected chi connectivity index (χ3v) is 15.8. The molecular weight excluding hydrogens is 1480 g/mol. The zero-order valence-corrected chi connectivity index (χ0v) is 63.5. The Morgan fingerprint density at radius 3 is 1.18 bits per heavy atom. The normalized spacial score (nSPS) is 12.7. The van der Waals surface area contributed by atoms with Crippen molar-refractivity contribution in [3.8, 4) is 34.5 Å². The molecule has 0 unspecified atom stereocenters. The average molecular weight is 1550 g/mol. The Bertz CT molecular complexity index is 4720. The summed E-state index contributed by atoms with van der Waals surface area (Å²) in [6.45, 7) is 14.6. The SMILES string of the molecule is C=CCC.COc1ccc(C=O)c(OC)c1.Cc1ccc(C2=NCC(c3cc[c-]cc3F)=C2)c(O)c1.Cc1ccc(C2=NCC(c3cc[c-]cc3F)=C2)c(O)c1.Cc1ccc(C2=NCC(c3ccc(N=[N+]=[N-])cc3F)=C2)c(O)c1.Cc1ccc(C2=NCC(c3ccc([N+](=O)[O-])cc3F)=C2)c(O)c1.[Y].[Y]. The maximum Gasteiger partial charge on any atom is 0.272 e. The van der Waals surface area contributed by atoms with E-state index in [4.69, 9.17) is 15.0 Å². The van der Waals surface area contributed by atoms with E-state index in [2.05, 4.69) is 55.6 Å². The molecule has 2 radical (unpaired) electrons. The largest absolute Gasteiger partial charge is 0.507 e. The Balaban J connectivity index is 0.000000203. The fraction of sp³-hybridized carbons (Fsp3) is 0.148. The number of aliphatic imine (C=N–C) groups is 4. The van der Waals surface area contributed by atoms with Crippen molar-refractivity contribution in [3.05, 3.63) is 329 Å². The third kappa shape index (κ3) is 22.0. The second kappa shape index (κ2) is 39.8. The fourth-order valence-corrected chi connectivity index (χ4v) is 10.5. The fourth-order valence-electron chi connectivity index (χ4n) is 10.5. The van der Waals surface area contributed by atoms with Crippen LogP contribution in [0.25, 0.3) is 32.7 Å². The Morgan fingerprint density at radius 2 is 0.885 bits per heavy atom. The van der Waals surface area contributed by atoms with Gasteiger partial charge in [0.25, 0.3) is 5.69 Å². The molecular formula is C81H70F4N8O9Y2-2. The molecule has 9 aromatic carbocycles. The molecule has 0 fully saturated rings. The molecule has 0 aliphatic carbocycles. The quantitative estimate of drug-likeness (QED) is 0.00927. The summed E-state index contributed by atoms with van der Waals surface area (Å²) < 4.78 is 65.6. The minimum Gasteiger partial charge on any atom is -0.507 e. The molecule has 0 aromatic heterocycles. The molecule has 0 saturated carbocycles. The van der Waals surface area contributed by atoms with Crippen LogP contribution in [0, 0.1) is 73.2 Å². The van der Waals surface area contributed by atoms with Crippen LogP contribution in [0.2, 0.25) is 0 Å². The van der Waals surface area contributed by atoms with Crippen molar-refractivity contribution in [2.75, 3.05) is 40.4 Å². The van der Waals surface area contributed by atoms with E-state index in [1.54, 1.807) is 110 Å². The Morgan fingerprint density at radius 1 is 0.529 bits per heavy atom. The molecule has 104 heavy (non-hydrogen) atoms. The molecule has 524 valence electrons. The average Bonchev–Trinajstić information content (AvgIpc) is 1.67. The van der Waals surface area contributed by atoms with Gasteiger partial charge in [-0.15, -0.1) is 18.7 Å². The first-order valence-electron chi connectivity index (χ1n) is 31.7. The van der Waals surface area contributed by atoms with Gasteiger partial charge in [0.2, 0.25) is 0 Å². The van der Waals surface area contributed by atoms with E-state index in [1.165, 1.54) is 37.4 Å². The molecule has 0 atom stereocenters. The first-order valence-corrected chi connectivity index (χ1v) is 31.7. The molecule has 0 bridgehead atoms. The van der Waals surface area contributed by atoms with Gasteiger partial charge in [0.1, 0.15) is 46.1 Å². The number of aromatic hydroxyl groups is 4. The van der Waals surface area contributed by atoms with Gasteiger partial charge in [-0.25, -0.2) is 8.78 Å². The number of halogens is 4. The van der Waals surface area contributed by atoms with E-state index in [1.807, 2.05) is 82.3 Å². The monoisotopic (exact) mass is 1550 g/mol. The zero-order valence-electron chi connectivity index (χ0n) is 57.9. The number of phenols is 4. The number of hydrogen-bond acceptors (Lipinski definition) is 14. The van der Waals surface area contributed by atoms with Gasteiger partial charge >= 0.3 is 0 Å².